The van der Waals surface area contributed by atoms with Gasteiger partial charge in [0.15, 0.2) is 0 Å². The Labute approximate surface area is 339 Å². The van der Waals surface area contributed by atoms with Gasteiger partial charge in [-0.3, -0.25) is 0 Å². The van der Waals surface area contributed by atoms with E-state index in [-0.39, 0.29) is 10.8 Å². The molecule has 0 aromatic heterocycles. The first-order valence-electron chi connectivity index (χ1n) is 20.8. The maximum Gasteiger partial charge on any atom is 0.0159 e. The zero-order chi connectivity index (χ0) is 38.7. The Bertz CT molecular complexity index is 3500. The number of hydrogen-bond acceptors (Lipinski definition) is 0. The Kier molecular flexibility index (Phi) is 6.13. The van der Waals surface area contributed by atoms with Crippen LogP contribution in [0, 0.1) is 0 Å². The summed E-state index contributed by atoms with van der Waals surface area (Å²) in [5.74, 6) is 0. The van der Waals surface area contributed by atoms with Gasteiger partial charge in [0.2, 0.25) is 0 Å². The predicted octanol–water partition coefficient (Wildman–Crippen LogP) is 15.9. The van der Waals surface area contributed by atoms with Gasteiger partial charge in [-0.2, -0.15) is 0 Å². The molecule has 0 unspecified atom stereocenters. The summed E-state index contributed by atoms with van der Waals surface area (Å²) >= 11 is 0. The summed E-state index contributed by atoms with van der Waals surface area (Å²) in [4.78, 5) is 0. The van der Waals surface area contributed by atoms with Crippen LogP contribution >= 0.6 is 0 Å². The molecule has 0 N–H and O–H groups in total. The molecule has 0 atom stereocenters. The molecule has 0 saturated heterocycles. The molecule has 0 saturated carbocycles. The van der Waals surface area contributed by atoms with Crippen LogP contribution in [0.1, 0.15) is 49.9 Å². The first kappa shape index (κ1) is 32.3. The van der Waals surface area contributed by atoms with Gasteiger partial charge in [-0.05, 0) is 150 Å². The van der Waals surface area contributed by atoms with Crippen molar-refractivity contribution in [3.63, 3.8) is 0 Å². The van der Waals surface area contributed by atoms with Crippen molar-refractivity contribution in [1.82, 2.24) is 0 Å². The molecule has 0 nitrogen and oxygen atoms in total. The largest absolute Gasteiger partial charge is 0.0619 e. The van der Waals surface area contributed by atoms with Crippen LogP contribution in [0.5, 0.6) is 0 Å². The van der Waals surface area contributed by atoms with Crippen LogP contribution in [0.2, 0.25) is 0 Å². The van der Waals surface area contributed by atoms with Crippen molar-refractivity contribution < 1.29 is 0 Å². The highest BCUT2D eigenvalue weighted by atomic mass is 14.4. The molecular formula is C58H40. The molecule has 0 heteroatoms. The van der Waals surface area contributed by atoms with Crippen molar-refractivity contribution in [2.75, 3.05) is 0 Å². The number of fused-ring (bicyclic) bond motifs is 13. The third-order valence-electron chi connectivity index (χ3n) is 14.4. The first-order valence-corrected chi connectivity index (χ1v) is 20.8. The molecule has 0 spiro atoms. The highest BCUT2D eigenvalue weighted by molar-refractivity contribution is 6.32. The quantitative estimate of drug-likeness (QED) is 0.122. The van der Waals surface area contributed by atoms with Crippen LogP contribution in [0.3, 0.4) is 0 Å². The molecule has 10 aromatic carbocycles. The molecular weight excluding hydrogens is 697 g/mol. The molecule has 0 amide bonds. The Hall–Kier alpha value is -6.76. The summed E-state index contributed by atoms with van der Waals surface area (Å²) in [7, 11) is 0. The van der Waals surface area contributed by atoms with E-state index in [2.05, 4.69) is 198 Å². The van der Waals surface area contributed by atoms with E-state index in [9.17, 15) is 0 Å². The number of hydrogen-bond donors (Lipinski definition) is 0. The average molecular weight is 737 g/mol. The second-order valence-electron chi connectivity index (χ2n) is 17.9. The zero-order valence-electron chi connectivity index (χ0n) is 33.2. The van der Waals surface area contributed by atoms with Crippen LogP contribution in [-0.4, -0.2) is 0 Å². The van der Waals surface area contributed by atoms with E-state index in [0.717, 1.165) is 0 Å². The third kappa shape index (κ3) is 3.91. The van der Waals surface area contributed by atoms with Crippen LogP contribution in [-0.2, 0) is 10.8 Å². The van der Waals surface area contributed by atoms with Crippen molar-refractivity contribution in [2.24, 2.45) is 0 Å². The van der Waals surface area contributed by atoms with E-state index in [1.807, 2.05) is 0 Å². The fourth-order valence-corrected chi connectivity index (χ4v) is 11.8. The standard InChI is InChI=1S/C58H40/c1-57(2)46-26-11-9-20-38(46)51-41(24-14-28-48(51)57)53-43-30-33-16-5-6-17-34(33)31-44(43)54(42-25-15-29-49-52(42)39-21-10-12-27-47(39)58(49,3)4)56-45-32-35-18-7-8-19-36(35)37-22-13-23-40(50(37)45)55(53)56/h5-32H,1-4H3. The summed E-state index contributed by atoms with van der Waals surface area (Å²) < 4.78 is 0. The lowest BCUT2D eigenvalue weighted by Crippen LogP contribution is -2.14. The van der Waals surface area contributed by atoms with Gasteiger partial charge in [0.05, 0.1) is 0 Å². The molecule has 272 valence electrons. The lowest BCUT2D eigenvalue weighted by atomic mass is 9.77. The Morgan fingerprint density at radius 1 is 0.259 bits per heavy atom. The summed E-state index contributed by atoms with van der Waals surface area (Å²) in [5, 5.41) is 10.4. The van der Waals surface area contributed by atoms with Crippen molar-refractivity contribution in [2.45, 2.75) is 38.5 Å². The lowest BCUT2D eigenvalue weighted by Gasteiger charge is -2.25. The van der Waals surface area contributed by atoms with Gasteiger partial charge in [0.1, 0.15) is 0 Å². The van der Waals surface area contributed by atoms with E-state index in [1.54, 1.807) is 0 Å². The SMILES string of the molecule is CC1(C)c2ccccc2-c2c(-c3c4c(c(-c5cccc6c5-c5ccccc5C6(C)C)c5cc6ccccc6cc35)-c3cc5ccccc5c5cccc-4c35)cccc21. The molecule has 3 aliphatic rings. The Balaban J connectivity index is 1.29. The molecule has 0 bridgehead atoms. The summed E-state index contributed by atoms with van der Waals surface area (Å²) in [6.07, 6.45) is 0. The molecule has 3 aliphatic carbocycles. The zero-order valence-corrected chi connectivity index (χ0v) is 33.2. The van der Waals surface area contributed by atoms with Gasteiger partial charge < -0.3 is 0 Å². The second-order valence-corrected chi connectivity index (χ2v) is 17.9. The first-order chi connectivity index (χ1) is 28.3. The fourth-order valence-electron chi connectivity index (χ4n) is 11.8. The van der Waals surface area contributed by atoms with E-state index in [0.29, 0.717) is 0 Å². The molecule has 0 radical (unpaired) electrons. The number of benzene rings is 10. The van der Waals surface area contributed by atoms with Gasteiger partial charge in [0.25, 0.3) is 0 Å². The maximum atomic E-state index is 2.51. The van der Waals surface area contributed by atoms with Crippen molar-refractivity contribution in [3.05, 3.63) is 192 Å². The monoisotopic (exact) mass is 736 g/mol. The van der Waals surface area contributed by atoms with Crippen molar-refractivity contribution in [3.8, 4) is 66.8 Å². The molecule has 13 rings (SSSR count). The highest BCUT2D eigenvalue weighted by Crippen LogP contribution is 2.63. The summed E-state index contributed by atoms with van der Waals surface area (Å²) in [6, 6.07) is 65.0. The van der Waals surface area contributed by atoms with Crippen molar-refractivity contribution in [1.29, 1.82) is 0 Å². The second kappa shape index (κ2) is 11.0. The predicted molar refractivity (Wildman–Crippen MR) is 247 cm³/mol. The maximum absolute atomic E-state index is 2.51. The Morgan fingerprint density at radius 3 is 1.26 bits per heavy atom. The molecule has 0 aliphatic heterocycles. The van der Waals surface area contributed by atoms with Crippen LogP contribution in [0.4, 0.5) is 0 Å². The van der Waals surface area contributed by atoms with Gasteiger partial charge in [0, 0.05) is 10.8 Å². The molecule has 0 heterocycles. The fraction of sp³-hybridized carbons (Fsp3) is 0.103. The topological polar surface area (TPSA) is 0 Å². The van der Waals surface area contributed by atoms with E-state index < -0.39 is 0 Å². The average Bonchev–Trinajstić information content (AvgIpc) is 3.80. The minimum absolute atomic E-state index is 0.112. The molecule has 58 heavy (non-hydrogen) atoms. The van der Waals surface area contributed by atoms with Gasteiger partial charge >= 0.3 is 0 Å². The van der Waals surface area contributed by atoms with Gasteiger partial charge in [-0.25, -0.2) is 0 Å². The lowest BCUT2D eigenvalue weighted by molar-refractivity contribution is 0.660. The minimum Gasteiger partial charge on any atom is -0.0619 e. The van der Waals surface area contributed by atoms with Crippen LogP contribution in [0.25, 0.3) is 110 Å². The molecule has 10 aromatic rings. The summed E-state index contributed by atoms with van der Waals surface area (Å²) in [6.45, 7) is 9.60. The Morgan fingerprint density at radius 2 is 0.672 bits per heavy atom. The van der Waals surface area contributed by atoms with Crippen molar-refractivity contribution >= 4 is 43.1 Å². The van der Waals surface area contributed by atoms with E-state index >= 15 is 0 Å². The highest BCUT2D eigenvalue weighted by Gasteiger charge is 2.41. The van der Waals surface area contributed by atoms with Crippen LogP contribution < -0.4 is 0 Å². The number of rotatable bonds is 2. The van der Waals surface area contributed by atoms with Gasteiger partial charge in [-0.15, -0.1) is 0 Å². The normalized spacial score (nSPS) is 14.8. The summed E-state index contributed by atoms with van der Waals surface area (Å²) in [5.41, 5.74) is 21.5. The van der Waals surface area contributed by atoms with Crippen LogP contribution in [0.15, 0.2) is 170 Å². The van der Waals surface area contributed by atoms with E-state index in [1.165, 1.54) is 132 Å². The van der Waals surface area contributed by atoms with Gasteiger partial charge in [-0.1, -0.05) is 179 Å². The molecule has 0 fully saturated rings. The van der Waals surface area contributed by atoms with E-state index in [4.69, 9.17) is 0 Å². The smallest absolute Gasteiger partial charge is 0.0159 e. The third-order valence-corrected chi connectivity index (χ3v) is 14.4. The minimum atomic E-state index is -0.114.